The van der Waals surface area contributed by atoms with Gasteiger partial charge in [0.05, 0.1) is 12.0 Å². The second-order valence-corrected chi connectivity index (χ2v) is 6.60. The van der Waals surface area contributed by atoms with E-state index in [4.69, 9.17) is 11.6 Å². The summed E-state index contributed by atoms with van der Waals surface area (Å²) in [6, 6.07) is 8.11. The summed E-state index contributed by atoms with van der Waals surface area (Å²) in [7, 11) is 0. The van der Waals surface area contributed by atoms with E-state index in [0.29, 0.717) is 18.2 Å². The molecule has 0 heterocycles. The summed E-state index contributed by atoms with van der Waals surface area (Å²) >= 11 is 6.16. The van der Waals surface area contributed by atoms with Crippen molar-refractivity contribution in [3.8, 4) is 0 Å². The lowest BCUT2D eigenvalue weighted by atomic mass is 9.77. The molecule has 0 bridgehead atoms. The summed E-state index contributed by atoms with van der Waals surface area (Å²) in [5.74, 6) is 1.24. The Hall–Kier alpha value is -1.02. The molecule has 0 radical (unpaired) electrons. The highest BCUT2D eigenvalue weighted by molar-refractivity contribution is 6.18. The van der Waals surface area contributed by atoms with Gasteiger partial charge in [0.1, 0.15) is 0 Å². The van der Waals surface area contributed by atoms with Crippen molar-refractivity contribution in [2.45, 2.75) is 51.5 Å². The number of rotatable bonds is 4. The maximum atomic E-state index is 12.3. The van der Waals surface area contributed by atoms with Gasteiger partial charge in [-0.3, -0.25) is 4.79 Å². The summed E-state index contributed by atoms with van der Waals surface area (Å²) in [4.78, 5) is 12.3. The van der Waals surface area contributed by atoms with Crippen LogP contribution in [0.5, 0.6) is 0 Å². The minimum absolute atomic E-state index is 0.0883. The summed E-state index contributed by atoms with van der Waals surface area (Å²) in [5, 5.41) is 3.21. The number of alkyl halides is 1. The molecule has 2 nitrogen and oxygen atoms in total. The van der Waals surface area contributed by atoms with Crippen LogP contribution in [-0.2, 0) is 11.2 Å². The zero-order chi connectivity index (χ0) is 14.6. The quantitative estimate of drug-likeness (QED) is 0.840. The Morgan fingerprint density at radius 3 is 2.95 bits per heavy atom. The average Bonchev–Trinajstić information content (AvgIpc) is 2.38. The van der Waals surface area contributed by atoms with Crippen LogP contribution in [0.3, 0.4) is 0 Å². The lowest BCUT2D eigenvalue weighted by molar-refractivity contribution is -0.122. The van der Waals surface area contributed by atoms with E-state index in [0.717, 1.165) is 24.8 Å². The highest BCUT2D eigenvalue weighted by atomic mass is 35.5. The molecule has 3 heteroatoms. The topological polar surface area (TPSA) is 29.1 Å². The fourth-order valence-electron chi connectivity index (χ4n) is 3.28. The minimum atomic E-state index is -0.194. The molecule has 1 N–H and O–H groups in total. The van der Waals surface area contributed by atoms with Crippen LogP contribution in [0.2, 0.25) is 0 Å². The first-order valence-corrected chi connectivity index (χ1v) is 7.99. The Morgan fingerprint density at radius 1 is 1.50 bits per heavy atom. The number of hydrogen-bond donors (Lipinski definition) is 1. The fraction of sp³-hybridized carbons (Fsp3) is 0.588. The average molecular weight is 294 g/mol. The SMILES string of the molecule is Cc1cccc(CC(=O)NC2(CCl)CCCC(C)C2)c1. The summed E-state index contributed by atoms with van der Waals surface area (Å²) < 4.78 is 0. The van der Waals surface area contributed by atoms with Crippen LogP contribution in [-0.4, -0.2) is 17.3 Å². The molecule has 0 spiro atoms. The molecular weight excluding hydrogens is 270 g/mol. The number of carbonyl (C=O) groups is 1. The van der Waals surface area contributed by atoms with Crippen molar-refractivity contribution in [2.24, 2.45) is 5.92 Å². The van der Waals surface area contributed by atoms with Gasteiger partial charge in [-0.25, -0.2) is 0 Å². The van der Waals surface area contributed by atoms with Gasteiger partial charge in [0.15, 0.2) is 0 Å². The van der Waals surface area contributed by atoms with E-state index in [1.165, 1.54) is 12.0 Å². The number of carbonyl (C=O) groups excluding carboxylic acids is 1. The second kappa shape index (κ2) is 6.62. The third kappa shape index (κ3) is 3.99. The normalized spacial score (nSPS) is 26.2. The van der Waals surface area contributed by atoms with Gasteiger partial charge in [0, 0.05) is 5.88 Å². The molecule has 2 unspecified atom stereocenters. The van der Waals surface area contributed by atoms with Gasteiger partial charge < -0.3 is 5.32 Å². The molecule has 1 aromatic rings. The first-order chi connectivity index (χ1) is 9.53. The Balaban J connectivity index is 1.99. The Kier molecular flexibility index (Phi) is 5.09. The summed E-state index contributed by atoms with van der Waals surface area (Å²) in [6.07, 6.45) is 4.83. The van der Waals surface area contributed by atoms with Gasteiger partial charge in [-0.2, -0.15) is 0 Å². The molecule has 0 saturated heterocycles. The van der Waals surface area contributed by atoms with Crippen LogP contribution in [0.15, 0.2) is 24.3 Å². The zero-order valence-corrected chi connectivity index (χ0v) is 13.2. The van der Waals surface area contributed by atoms with Crippen molar-refractivity contribution in [2.75, 3.05) is 5.88 Å². The molecule has 1 aliphatic carbocycles. The van der Waals surface area contributed by atoms with Crippen molar-refractivity contribution in [1.82, 2.24) is 5.32 Å². The number of hydrogen-bond acceptors (Lipinski definition) is 1. The Bertz CT molecular complexity index is 474. The van der Waals surface area contributed by atoms with Crippen LogP contribution >= 0.6 is 11.6 Å². The molecule has 1 saturated carbocycles. The van der Waals surface area contributed by atoms with Crippen LogP contribution in [0, 0.1) is 12.8 Å². The third-order valence-electron chi connectivity index (χ3n) is 4.20. The molecule has 1 amide bonds. The van der Waals surface area contributed by atoms with Crippen molar-refractivity contribution >= 4 is 17.5 Å². The molecule has 2 rings (SSSR count). The molecule has 0 aliphatic heterocycles. The molecule has 1 aliphatic rings. The van der Waals surface area contributed by atoms with Gasteiger partial charge >= 0.3 is 0 Å². The predicted octanol–water partition coefficient (Wildman–Crippen LogP) is 3.84. The van der Waals surface area contributed by atoms with E-state index in [-0.39, 0.29) is 11.4 Å². The fourth-order valence-corrected chi connectivity index (χ4v) is 3.59. The number of nitrogens with one attached hydrogen (secondary N) is 1. The lowest BCUT2D eigenvalue weighted by Crippen LogP contribution is -2.53. The van der Waals surface area contributed by atoms with Gasteiger partial charge in [0.25, 0.3) is 0 Å². The van der Waals surface area contributed by atoms with Crippen molar-refractivity contribution < 1.29 is 4.79 Å². The Morgan fingerprint density at radius 2 is 2.30 bits per heavy atom. The molecule has 20 heavy (non-hydrogen) atoms. The van der Waals surface area contributed by atoms with Gasteiger partial charge in [-0.05, 0) is 31.2 Å². The Labute approximate surface area is 126 Å². The smallest absolute Gasteiger partial charge is 0.224 e. The van der Waals surface area contributed by atoms with Crippen LogP contribution in [0.1, 0.15) is 43.7 Å². The maximum Gasteiger partial charge on any atom is 0.224 e. The minimum Gasteiger partial charge on any atom is -0.349 e. The highest BCUT2D eigenvalue weighted by Gasteiger charge is 2.35. The van der Waals surface area contributed by atoms with E-state index in [1.54, 1.807) is 0 Å². The van der Waals surface area contributed by atoms with E-state index in [1.807, 2.05) is 25.1 Å². The largest absolute Gasteiger partial charge is 0.349 e. The molecule has 1 fully saturated rings. The van der Waals surface area contributed by atoms with E-state index >= 15 is 0 Å². The lowest BCUT2D eigenvalue weighted by Gasteiger charge is -2.39. The van der Waals surface area contributed by atoms with Crippen molar-refractivity contribution in [1.29, 1.82) is 0 Å². The molecule has 110 valence electrons. The third-order valence-corrected chi connectivity index (χ3v) is 4.71. The molecule has 0 aromatic heterocycles. The monoisotopic (exact) mass is 293 g/mol. The second-order valence-electron chi connectivity index (χ2n) is 6.33. The van der Waals surface area contributed by atoms with E-state index in [9.17, 15) is 4.79 Å². The van der Waals surface area contributed by atoms with E-state index in [2.05, 4.69) is 18.3 Å². The van der Waals surface area contributed by atoms with Gasteiger partial charge in [-0.1, -0.05) is 49.6 Å². The van der Waals surface area contributed by atoms with E-state index < -0.39 is 0 Å². The number of benzene rings is 1. The van der Waals surface area contributed by atoms with Crippen LogP contribution in [0.4, 0.5) is 0 Å². The van der Waals surface area contributed by atoms with Crippen molar-refractivity contribution in [3.05, 3.63) is 35.4 Å². The molecular formula is C17H24ClNO. The maximum absolute atomic E-state index is 12.3. The number of halogens is 1. The zero-order valence-electron chi connectivity index (χ0n) is 12.4. The van der Waals surface area contributed by atoms with Gasteiger partial charge in [-0.15, -0.1) is 11.6 Å². The highest BCUT2D eigenvalue weighted by Crippen LogP contribution is 2.33. The number of aryl methyl sites for hydroxylation is 1. The van der Waals surface area contributed by atoms with Crippen LogP contribution < -0.4 is 5.32 Å². The summed E-state index contributed by atoms with van der Waals surface area (Å²) in [5.41, 5.74) is 2.06. The molecule has 2 atom stereocenters. The first-order valence-electron chi connectivity index (χ1n) is 7.45. The van der Waals surface area contributed by atoms with Crippen LogP contribution in [0.25, 0.3) is 0 Å². The standard InChI is InChI=1S/C17H24ClNO/c1-13-5-3-7-15(9-13)10-16(20)19-17(12-18)8-4-6-14(2)11-17/h3,5,7,9,14H,4,6,8,10-12H2,1-2H3,(H,19,20). The van der Waals surface area contributed by atoms with Gasteiger partial charge in [0.2, 0.25) is 5.91 Å². The molecule has 1 aromatic carbocycles. The summed E-state index contributed by atoms with van der Waals surface area (Å²) in [6.45, 7) is 4.29. The first kappa shape index (κ1) is 15.4. The predicted molar refractivity (Wildman–Crippen MR) is 84.1 cm³/mol. The number of amides is 1. The van der Waals surface area contributed by atoms with Crippen molar-refractivity contribution in [3.63, 3.8) is 0 Å².